The summed E-state index contributed by atoms with van der Waals surface area (Å²) in [6.07, 6.45) is 5.78. The Balaban J connectivity index is 1.40. The summed E-state index contributed by atoms with van der Waals surface area (Å²) in [5, 5.41) is 1.79. The number of nitrogens with one attached hydrogen (secondary N) is 1. The first-order chi connectivity index (χ1) is 15.8. The van der Waals surface area contributed by atoms with Gasteiger partial charge in [0.2, 0.25) is 0 Å². The third-order valence-corrected chi connectivity index (χ3v) is 6.69. The number of carbonyl (C=O) groups excluding carboxylic acids is 1. The SMILES string of the molecule is O=C(c1cnc(-c2ccccn2)s1)N1CCc2[nH]cnc2[C@@H]1c1ccc2ccccc2n1. The van der Waals surface area contributed by atoms with E-state index in [1.807, 2.05) is 59.5 Å². The number of pyridine rings is 2. The number of aromatic nitrogens is 5. The molecular formula is C24H18N6OS. The number of nitrogens with zero attached hydrogens (tertiary/aromatic N) is 5. The highest BCUT2D eigenvalue weighted by Gasteiger charge is 2.36. The first-order valence-electron chi connectivity index (χ1n) is 10.3. The number of aromatic amines is 1. The molecule has 0 fully saturated rings. The lowest BCUT2D eigenvalue weighted by Gasteiger charge is -2.34. The molecule has 0 saturated heterocycles. The van der Waals surface area contributed by atoms with Crippen molar-refractivity contribution in [2.75, 3.05) is 6.54 Å². The highest BCUT2D eigenvalue weighted by molar-refractivity contribution is 7.16. The molecule has 5 heterocycles. The molecule has 1 N–H and O–H groups in total. The maximum Gasteiger partial charge on any atom is 0.266 e. The minimum absolute atomic E-state index is 0.0710. The molecule has 156 valence electrons. The molecule has 0 bridgehead atoms. The Morgan fingerprint density at radius 1 is 1.03 bits per heavy atom. The predicted molar refractivity (Wildman–Crippen MR) is 122 cm³/mol. The van der Waals surface area contributed by atoms with Gasteiger partial charge in [0.25, 0.3) is 5.91 Å². The van der Waals surface area contributed by atoms with Crippen LogP contribution in [0, 0.1) is 0 Å². The lowest BCUT2D eigenvalue weighted by atomic mass is 9.98. The van der Waals surface area contributed by atoms with Gasteiger partial charge in [-0.1, -0.05) is 30.3 Å². The third-order valence-electron chi connectivity index (χ3n) is 5.69. The summed E-state index contributed by atoms with van der Waals surface area (Å²) >= 11 is 1.36. The van der Waals surface area contributed by atoms with Gasteiger partial charge in [0.05, 0.1) is 35.1 Å². The normalized spacial score (nSPS) is 15.6. The Hall–Kier alpha value is -3.91. The van der Waals surface area contributed by atoms with Crippen LogP contribution in [0.1, 0.15) is 32.8 Å². The van der Waals surface area contributed by atoms with Gasteiger partial charge >= 0.3 is 0 Å². The fourth-order valence-corrected chi connectivity index (χ4v) is 5.00. The van der Waals surface area contributed by atoms with Gasteiger partial charge in [0.1, 0.15) is 15.9 Å². The van der Waals surface area contributed by atoms with Gasteiger partial charge in [-0.05, 0) is 24.3 Å². The fraction of sp³-hybridized carbons (Fsp3) is 0.125. The topological polar surface area (TPSA) is 87.7 Å². The molecule has 0 radical (unpaired) electrons. The molecule has 6 rings (SSSR count). The van der Waals surface area contributed by atoms with Crippen LogP contribution in [-0.4, -0.2) is 42.3 Å². The summed E-state index contributed by atoms with van der Waals surface area (Å²) in [6, 6.07) is 17.3. The number of fused-ring (bicyclic) bond motifs is 2. The van der Waals surface area contributed by atoms with Crippen LogP contribution in [0.2, 0.25) is 0 Å². The van der Waals surface area contributed by atoms with Crippen LogP contribution in [-0.2, 0) is 6.42 Å². The second-order valence-corrected chi connectivity index (χ2v) is 8.62. The van der Waals surface area contributed by atoms with Crippen LogP contribution in [0.4, 0.5) is 0 Å². The van der Waals surface area contributed by atoms with E-state index in [0.717, 1.165) is 45.1 Å². The highest BCUT2D eigenvalue weighted by Crippen LogP contribution is 2.35. The highest BCUT2D eigenvalue weighted by atomic mass is 32.1. The van der Waals surface area contributed by atoms with Crippen LogP contribution in [0.5, 0.6) is 0 Å². The van der Waals surface area contributed by atoms with Crippen molar-refractivity contribution in [2.24, 2.45) is 0 Å². The van der Waals surface area contributed by atoms with Crippen molar-refractivity contribution in [3.05, 3.63) is 95.3 Å². The Labute approximate surface area is 187 Å². The van der Waals surface area contributed by atoms with Crippen LogP contribution in [0.15, 0.2) is 73.3 Å². The smallest absolute Gasteiger partial charge is 0.266 e. The average Bonchev–Trinajstić information content (AvgIpc) is 3.53. The molecule has 1 aromatic carbocycles. The van der Waals surface area contributed by atoms with Crippen molar-refractivity contribution in [3.63, 3.8) is 0 Å². The molecule has 1 aliphatic rings. The summed E-state index contributed by atoms with van der Waals surface area (Å²) in [6.45, 7) is 0.573. The number of rotatable bonds is 3. The zero-order valence-corrected chi connectivity index (χ0v) is 17.8. The minimum atomic E-state index is -0.359. The summed E-state index contributed by atoms with van der Waals surface area (Å²) in [7, 11) is 0. The zero-order valence-electron chi connectivity index (χ0n) is 17.0. The fourth-order valence-electron chi connectivity index (χ4n) is 4.15. The average molecular weight is 439 g/mol. The molecule has 7 nitrogen and oxygen atoms in total. The van der Waals surface area contributed by atoms with E-state index in [4.69, 9.17) is 4.98 Å². The Morgan fingerprint density at radius 2 is 1.94 bits per heavy atom. The van der Waals surface area contributed by atoms with Gasteiger partial charge in [-0.15, -0.1) is 11.3 Å². The van der Waals surface area contributed by atoms with Crippen molar-refractivity contribution >= 4 is 28.1 Å². The zero-order chi connectivity index (χ0) is 21.5. The summed E-state index contributed by atoms with van der Waals surface area (Å²) in [5.41, 5.74) is 4.36. The first-order valence-corrected chi connectivity index (χ1v) is 11.2. The molecule has 1 aliphatic heterocycles. The van der Waals surface area contributed by atoms with E-state index in [0.29, 0.717) is 11.4 Å². The third kappa shape index (κ3) is 3.16. The van der Waals surface area contributed by atoms with Crippen LogP contribution in [0.3, 0.4) is 0 Å². The number of hydrogen-bond donors (Lipinski definition) is 1. The molecule has 1 atom stereocenters. The summed E-state index contributed by atoms with van der Waals surface area (Å²) in [5.74, 6) is -0.0710. The van der Waals surface area contributed by atoms with Crippen molar-refractivity contribution in [2.45, 2.75) is 12.5 Å². The molecule has 0 saturated carbocycles. The molecular weight excluding hydrogens is 420 g/mol. The Kier molecular flexibility index (Phi) is 4.50. The van der Waals surface area contributed by atoms with Gasteiger partial charge in [0.15, 0.2) is 0 Å². The number of para-hydroxylation sites is 1. The number of benzene rings is 1. The minimum Gasteiger partial charge on any atom is -0.348 e. The van der Waals surface area contributed by atoms with Crippen LogP contribution in [0.25, 0.3) is 21.6 Å². The van der Waals surface area contributed by atoms with Crippen molar-refractivity contribution in [3.8, 4) is 10.7 Å². The standard InChI is InChI=1S/C24H18N6OS/c31-24(20-13-26-23(32-20)19-7-3-4-11-25-19)30-12-10-17-21(28-14-27-17)22(30)18-9-8-15-5-1-2-6-16(15)29-18/h1-9,11,13-14,22H,10,12H2,(H,27,28)/t22-/m0/s1. The van der Waals surface area contributed by atoms with Crippen molar-refractivity contribution < 1.29 is 4.79 Å². The monoisotopic (exact) mass is 438 g/mol. The van der Waals surface area contributed by atoms with Gasteiger partial charge < -0.3 is 9.88 Å². The van der Waals surface area contributed by atoms with E-state index in [2.05, 4.69) is 19.9 Å². The quantitative estimate of drug-likeness (QED) is 0.455. The van der Waals surface area contributed by atoms with Gasteiger partial charge in [-0.25, -0.2) is 9.97 Å². The molecule has 8 heteroatoms. The number of hydrogen-bond acceptors (Lipinski definition) is 6. The second kappa shape index (κ2) is 7.65. The van der Waals surface area contributed by atoms with E-state index < -0.39 is 0 Å². The lowest BCUT2D eigenvalue weighted by Crippen LogP contribution is -2.40. The van der Waals surface area contributed by atoms with Gasteiger partial charge in [-0.3, -0.25) is 14.8 Å². The van der Waals surface area contributed by atoms with E-state index in [1.54, 1.807) is 18.7 Å². The van der Waals surface area contributed by atoms with Crippen molar-refractivity contribution in [1.82, 2.24) is 29.8 Å². The number of imidazole rings is 1. The van der Waals surface area contributed by atoms with E-state index in [-0.39, 0.29) is 11.9 Å². The van der Waals surface area contributed by atoms with Crippen LogP contribution >= 0.6 is 11.3 Å². The lowest BCUT2D eigenvalue weighted by molar-refractivity contribution is 0.0692. The van der Waals surface area contributed by atoms with Gasteiger partial charge in [0, 0.05) is 30.2 Å². The predicted octanol–water partition coefficient (Wildman–Crippen LogP) is 4.26. The molecule has 5 aromatic rings. The number of H-pyrrole nitrogens is 1. The molecule has 1 amide bonds. The van der Waals surface area contributed by atoms with E-state index in [9.17, 15) is 4.79 Å². The molecule has 4 aromatic heterocycles. The number of amides is 1. The largest absolute Gasteiger partial charge is 0.348 e. The second-order valence-electron chi connectivity index (χ2n) is 7.59. The van der Waals surface area contributed by atoms with Gasteiger partial charge in [-0.2, -0.15) is 0 Å². The molecule has 0 aliphatic carbocycles. The maximum atomic E-state index is 13.6. The van der Waals surface area contributed by atoms with Crippen LogP contribution < -0.4 is 0 Å². The Morgan fingerprint density at radius 3 is 2.84 bits per heavy atom. The molecule has 0 unspecified atom stereocenters. The summed E-state index contributed by atoms with van der Waals surface area (Å²) < 4.78 is 0. The van der Waals surface area contributed by atoms with E-state index in [1.165, 1.54) is 11.3 Å². The number of carbonyl (C=O) groups is 1. The maximum absolute atomic E-state index is 13.6. The Bertz CT molecular complexity index is 1430. The molecule has 0 spiro atoms. The first kappa shape index (κ1) is 18.8. The van der Waals surface area contributed by atoms with E-state index >= 15 is 0 Å². The summed E-state index contributed by atoms with van der Waals surface area (Å²) in [4.78, 5) is 37.5. The van der Waals surface area contributed by atoms with Crippen molar-refractivity contribution in [1.29, 1.82) is 0 Å². The molecule has 32 heavy (non-hydrogen) atoms. The number of thiazole rings is 1.